The number of carbonyl (C=O) groups excluding carboxylic acids is 1. The second-order valence-electron chi connectivity index (χ2n) is 4.29. The van der Waals surface area contributed by atoms with E-state index < -0.39 is 0 Å². The molecular formula is C15H15FN2O2. The molecule has 0 radical (unpaired) electrons. The van der Waals surface area contributed by atoms with E-state index in [1.165, 1.54) is 36.3 Å². The highest BCUT2D eigenvalue weighted by Gasteiger charge is 2.17. The van der Waals surface area contributed by atoms with Crippen LogP contribution in [0.3, 0.4) is 0 Å². The zero-order valence-electron chi connectivity index (χ0n) is 11.3. The molecule has 2 aromatic carbocycles. The second-order valence-corrected chi connectivity index (χ2v) is 4.29. The summed E-state index contributed by atoms with van der Waals surface area (Å²) in [6, 6.07) is 10.5. The molecule has 0 heterocycles. The molecule has 1 amide bonds. The van der Waals surface area contributed by atoms with Crippen LogP contribution in [0, 0.1) is 5.82 Å². The van der Waals surface area contributed by atoms with Crippen molar-refractivity contribution in [3.05, 3.63) is 53.8 Å². The van der Waals surface area contributed by atoms with E-state index in [0.29, 0.717) is 22.7 Å². The van der Waals surface area contributed by atoms with Gasteiger partial charge in [-0.3, -0.25) is 4.79 Å². The summed E-state index contributed by atoms with van der Waals surface area (Å²) in [5.41, 5.74) is 7.11. The Kier molecular flexibility index (Phi) is 3.89. The number of nitrogens with zero attached hydrogens (tertiary/aromatic N) is 1. The van der Waals surface area contributed by atoms with Crippen LogP contribution in [0.25, 0.3) is 0 Å². The number of halogens is 1. The lowest BCUT2D eigenvalue weighted by Gasteiger charge is -2.18. The molecule has 0 saturated carbocycles. The summed E-state index contributed by atoms with van der Waals surface area (Å²) >= 11 is 0. The minimum Gasteiger partial charge on any atom is -0.497 e. The van der Waals surface area contributed by atoms with Gasteiger partial charge in [0.15, 0.2) is 0 Å². The van der Waals surface area contributed by atoms with Gasteiger partial charge in [-0.2, -0.15) is 0 Å². The quantitative estimate of drug-likeness (QED) is 0.875. The van der Waals surface area contributed by atoms with Crippen molar-refractivity contribution in [3.8, 4) is 5.75 Å². The van der Waals surface area contributed by atoms with Crippen LogP contribution in [0.2, 0.25) is 0 Å². The summed E-state index contributed by atoms with van der Waals surface area (Å²) in [7, 11) is 3.12. The lowest BCUT2D eigenvalue weighted by Crippen LogP contribution is -2.27. The third-order valence-electron chi connectivity index (χ3n) is 3.01. The van der Waals surface area contributed by atoms with E-state index in [1.807, 2.05) is 0 Å². The van der Waals surface area contributed by atoms with E-state index in [-0.39, 0.29) is 11.7 Å². The maximum absolute atomic E-state index is 12.9. The topological polar surface area (TPSA) is 55.6 Å². The van der Waals surface area contributed by atoms with Crippen LogP contribution in [0.15, 0.2) is 42.5 Å². The number of carbonyl (C=O) groups is 1. The van der Waals surface area contributed by atoms with Crippen LogP contribution in [-0.2, 0) is 0 Å². The highest BCUT2D eigenvalue weighted by molar-refractivity contribution is 6.09. The van der Waals surface area contributed by atoms with E-state index >= 15 is 0 Å². The Hall–Kier alpha value is -2.56. The van der Waals surface area contributed by atoms with Gasteiger partial charge < -0.3 is 15.4 Å². The normalized spacial score (nSPS) is 10.2. The molecule has 0 saturated heterocycles. The highest BCUT2D eigenvalue weighted by Crippen LogP contribution is 2.23. The standard InChI is InChI=1S/C15H15FN2O2/c1-18(11-5-3-10(16)4-6-11)15(19)13-9-12(20-2)7-8-14(13)17/h3-9H,17H2,1-2H3. The molecule has 0 aliphatic heterocycles. The minimum absolute atomic E-state index is 0.284. The molecule has 4 nitrogen and oxygen atoms in total. The van der Waals surface area contributed by atoms with E-state index in [0.717, 1.165) is 0 Å². The molecule has 104 valence electrons. The fourth-order valence-electron chi connectivity index (χ4n) is 1.81. The highest BCUT2D eigenvalue weighted by atomic mass is 19.1. The van der Waals surface area contributed by atoms with Gasteiger partial charge in [0.1, 0.15) is 11.6 Å². The number of hydrogen-bond donors (Lipinski definition) is 1. The average Bonchev–Trinajstić information content (AvgIpc) is 2.47. The monoisotopic (exact) mass is 274 g/mol. The number of rotatable bonds is 3. The molecule has 2 aromatic rings. The van der Waals surface area contributed by atoms with Crippen molar-refractivity contribution in [2.75, 3.05) is 24.8 Å². The number of amides is 1. The first kappa shape index (κ1) is 13.9. The average molecular weight is 274 g/mol. The smallest absolute Gasteiger partial charge is 0.260 e. The molecule has 0 aliphatic carbocycles. The van der Waals surface area contributed by atoms with E-state index in [1.54, 1.807) is 25.2 Å². The maximum atomic E-state index is 12.9. The van der Waals surface area contributed by atoms with Crippen molar-refractivity contribution in [3.63, 3.8) is 0 Å². The van der Waals surface area contributed by atoms with Crippen LogP contribution in [-0.4, -0.2) is 20.1 Å². The van der Waals surface area contributed by atoms with Gasteiger partial charge in [-0.1, -0.05) is 0 Å². The Morgan fingerprint density at radius 3 is 2.45 bits per heavy atom. The Morgan fingerprint density at radius 1 is 1.20 bits per heavy atom. The predicted molar refractivity (Wildman–Crippen MR) is 76.5 cm³/mol. The van der Waals surface area contributed by atoms with Crippen molar-refractivity contribution in [1.82, 2.24) is 0 Å². The van der Waals surface area contributed by atoms with Crippen molar-refractivity contribution >= 4 is 17.3 Å². The number of methoxy groups -OCH3 is 1. The zero-order valence-corrected chi connectivity index (χ0v) is 11.3. The summed E-state index contributed by atoms with van der Waals surface area (Å²) in [6.07, 6.45) is 0. The Labute approximate surface area is 116 Å². The van der Waals surface area contributed by atoms with Gasteiger partial charge >= 0.3 is 0 Å². The molecule has 0 aromatic heterocycles. The largest absolute Gasteiger partial charge is 0.497 e. The van der Waals surface area contributed by atoms with Gasteiger partial charge in [-0.05, 0) is 42.5 Å². The third-order valence-corrected chi connectivity index (χ3v) is 3.01. The molecule has 2 N–H and O–H groups in total. The number of ether oxygens (including phenoxy) is 1. The number of benzene rings is 2. The van der Waals surface area contributed by atoms with E-state index in [2.05, 4.69) is 0 Å². The van der Waals surface area contributed by atoms with Crippen molar-refractivity contribution in [1.29, 1.82) is 0 Å². The van der Waals surface area contributed by atoms with Gasteiger partial charge in [-0.25, -0.2) is 4.39 Å². The fourth-order valence-corrected chi connectivity index (χ4v) is 1.81. The number of nitrogen functional groups attached to an aromatic ring is 1. The Bertz CT molecular complexity index is 626. The molecule has 2 rings (SSSR count). The van der Waals surface area contributed by atoms with Crippen molar-refractivity contribution in [2.24, 2.45) is 0 Å². The second kappa shape index (κ2) is 5.61. The van der Waals surface area contributed by atoms with Crippen LogP contribution < -0.4 is 15.4 Å². The minimum atomic E-state index is -0.351. The van der Waals surface area contributed by atoms with Gasteiger partial charge in [-0.15, -0.1) is 0 Å². The van der Waals surface area contributed by atoms with Gasteiger partial charge in [0.05, 0.1) is 12.7 Å². The molecule has 0 atom stereocenters. The Morgan fingerprint density at radius 2 is 1.85 bits per heavy atom. The zero-order chi connectivity index (χ0) is 14.7. The number of hydrogen-bond acceptors (Lipinski definition) is 3. The Balaban J connectivity index is 2.33. The van der Waals surface area contributed by atoms with Crippen molar-refractivity contribution in [2.45, 2.75) is 0 Å². The van der Waals surface area contributed by atoms with Gasteiger partial charge in [0.2, 0.25) is 0 Å². The van der Waals surface area contributed by atoms with Crippen LogP contribution in [0.5, 0.6) is 5.75 Å². The van der Waals surface area contributed by atoms with Gasteiger partial charge in [0.25, 0.3) is 5.91 Å². The first-order valence-electron chi connectivity index (χ1n) is 6.00. The molecule has 0 fully saturated rings. The first-order chi connectivity index (χ1) is 9.52. The molecule has 0 spiro atoms. The lowest BCUT2D eigenvalue weighted by atomic mass is 10.1. The molecule has 0 unspecified atom stereocenters. The van der Waals surface area contributed by atoms with Gasteiger partial charge in [0, 0.05) is 18.4 Å². The first-order valence-corrected chi connectivity index (χ1v) is 6.00. The number of nitrogens with two attached hydrogens (primary N) is 1. The van der Waals surface area contributed by atoms with Crippen molar-refractivity contribution < 1.29 is 13.9 Å². The molecular weight excluding hydrogens is 259 g/mol. The predicted octanol–water partition coefficient (Wildman–Crippen LogP) is 2.69. The van der Waals surface area contributed by atoms with Crippen LogP contribution in [0.4, 0.5) is 15.8 Å². The summed E-state index contributed by atoms with van der Waals surface area (Å²) in [5, 5.41) is 0. The molecule has 20 heavy (non-hydrogen) atoms. The summed E-state index contributed by atoms with van der Waals surface area (Å²) < 4.78 is 18.0. The van der Waals surface area contributed by atoms with Crippen LogP contribution >= 0.6 is 0 Å². The lowest BCUT2D eigenvalue weighted by molar-refractivity contribution is 0.0993. The summed E-state index contributed by atoms with van der Waals surface area (Å²) in [6.45, 7) is 0. The molecule has 0 bridgehead atoms. The van der Waals surface area contributed by atoms with E-state index in [4.69, 9.17) is 10.5 Å². The third kappa shape index (κ3) is 2.71. The fraction of sp³-hybridized carbons (Fsp3) is 0.133. The van der Waals surface area contributed by atoms with Crippen LogP contribution in [0.1, 0.15) is 10.4 Å². The SMILES string of the molecule is COc1ccc(N)c(C(=O)N(C)c2ccc(F)cc2)c1. The molecule has 0 aliphatic rings. The maximum Gasteiger partial charge on any atom is 0.260 e. The molecule has 5 heteroatoms. The number of anilines is 2. The van der Waals surface area contributed by atoms with E-state index in [9.17, 15) is 9.18 Å². The summed E-state index contributed by atoms with van der Waals surface area (Å²) in [4.78, 5) is 13.8. The summed E-state index contributed by atoms with van der Waals surface area (Å²) in [5.74, 6) is -0.0847.